The molecule has 0 aliphatic carbocycles. The molecule has 14 heavy (non-hydrogen) atoms. The largest absolute Gasteiger partial charge is 0.481 e. The fraction of sp³-hybridized carbons (Fsp3) is 0.333. The summed E-state index contributed by atoms with van der Waals surface area (Å²) in [6.07, 6.45) is 3.21. The molecule has 0 aliphatic rings. The molecule has 3 N–H and O–H groups in total. The van der Waals surface area contributed by atoms with Crippen molar-refractivity contribution >= 4 is 23.4 Å². The molecule has 1 aromatic heterocycles. The van der Waals surface area contributed by atoms with E-state index in [0.717, 1.165) is 4.90 Å². The van der Waals surface area contributed by atoms with E-state index in [1.165, 1.54) is 11.8 Å². The van der Waals surface area contributed by atoms with Crippen LogP contribution in [0.3, 0.4) is 0 Å². The first-order valence-electron chi connectivity index (χ1n) is 4.16. The van der Waals surface area contributed by atoms with Gasteiger partial charge in [0.05, 0.1) is 17.8 Å². The Morgan fingerprint density at radius 3 is 3.07 bits per heavy atom. The van der Waals surface area contributed by atoms with E-state index in [0.29, 0.717) is 11.4 Å². The van der Waals surface area contributed by atoms with Crippen LogP contribution < -0.4 is 5.73 Å². The number of aromatic nitrogens is 1. The highest BCUT2D eigenvalue weighted by Gasteiger charge is 2.11. The molecule has 4 nitrogen and oxygen atoms in total. The molecule has 0 bridgehead atoms. The van der Waals surface area contributed by atoms with Gasteiger partial charge in [0.15, 0.2) is 0 Å². The number of nitrogen functional groups attached to an aromatic ring is 1. The van der Waals surface area contributed by atoms with Gasteiger partial charge in [-0.2, -0.15) is 0 Å². The predicted octanol–water partition coefficient (Wildman–Crippen LogP) is 1.48. The summed E-state index contributed by atoms with van der Waals surface area (Å²) in [6, 6.07) is 1.79. The molecule has 76 valence electrons. The van der Waals surface area contributed by atoms with Gasteiger partial charge in [0.1, 0.15) is 0 Å². The molecule has 0 fully saturated rings. The summed E-state index contributed by atoms with van der Waals surface area (Å²) in [5.41, 5.74) is 6.24. The van der Waals surface area contributed by atoms with Crippen LogP contribution in [-0.4, -0.2) is 21.8 Å². The minimum Gasteiger partial charge on any atom is -0.481 e. The lowest BCUT2D eigenvalue weighted by Crippen LogP contribution is -2.11. The van der Waals surface area contributed by atoms with Crippen LogP contribution in [0, 0.1) is 5.92 Å². The van der Waals surface area contributed by atoms with Gasteiger partial charge in [-0.25, -0.2) is 0 Å². The lowest BCUT2D eigenvalue weighted by molar-refractivity contribution is -0.140. The van der Waals surface area contributed by atoms with Crippen molar-refractivity contribution in [3.05, 3.63) is 18.5 Å². The van der Waals surface area contributed by atoms with Gasteiger partial charge < -0.3 is 10.8 Å². The maximum atomic E-state index is 10.5. The van der Waals surface area contributed by atoms with E-state index in [9.17, 15) is 4.79 Å². The number of pyridine rings is 1. The first kappa shape index (κ1) is 10.8. The molecule has 0 saturated carbocycles. The fourth-order valence-electron chi connectivity index (χ4n) is 0.811. The smallest absolute Gasteiger partial charge is 0.307 e. The number of anilines is 1. The fourth-order valence-corrected chi connectivity index (χ4v) is 1.76. The first-order chi connectivity index (χ1) is 6.61. The third-order valence-corrected chi connectivity index (χ3v) is 3.07. The van der Waals surface area contributed by atoms with Crippen molar-refractivity contribution in [2.45, 2.75) is 11.8 Å². The Morgan fingerprint density at radius 1 is 1.79 bits per heavy atom. The summed E-state index contributed by atoms with van der Waals surface area (Å²) in [7, 11) is 0. The Balaban J connectivity index is 2.54. The first-order valence-corrected chi connectivity index (χ1v) is 5.15. The van der Waals surface area contributed by atoms with E-state index in [4.69, 9.17) is 10.8 Å². The summed E-state index contributed by atoms with van der Waals surface area (Å²) < 4.78 is 0. The molecule has 5 heteroatoms. The number of nitrogens with zero attached hydrogens (tertiary/aromatic N) is 1. The molecule has 0 aromatic carbocycles. The van der Waals surface area contributed by atoms with Gasteiger partial charge in [-0.3, -0.25) is 9.78 Å². The zero-order valence-corrected chi connectivity index (χ0v) is 8.62. The van der Waals surface area contributed by atoms with E-state index in [1.807, 2.05) is 0 Å². The van der Waals surface area contributed by atoms with E-state index >= 15 is 0 Å². The highest BCUT2D eigenvalue weighted by atomic mass is 32.2. The van der Waals surface area contributed by atoms with Gasteiger partial charge in [0, 0.05) is 16.8 Å². The number of thioether (sulfide) groups is 1. The average Bonchev–Trinajstić information content (AvgIpc) is 2.16. The number of nitrogens with two attached hydrogens (primary N) is 1. The molecule has 1 aromatic rings. The highest BCUT2D eigenvalue weighted by Crippen LogP contribution is 2.25. The van der Waals surface area contributed by atoms with Crippen molar-refractivity contribution in [2.24, 2.45) is 5.92 Å². The number of carboxylic acids is 1. The van der Waals surface area contributed by atoms with Crippen molar-refractivity contribution in [2.75, 3.05) is 11.5 Å². The number of carbonyl (C=O) groups is 1. The van der Waals surface area contributed by atoms with Crippen LogP contribution in [0.25, 0.3) is 0 Å². The Bertz CT molecular complexity index is 330. The second-order valence-electron chi connectivity index (χ2n) is 2.96. The van der Waals surface area contributed by atoms with Gasteiger partial charge >= 0.3 is 5.97 Å². The van der Waals surface area contributed by atoms with Crippen molar-refractivity contribution in [1.29, 1.82) is 0 Å². The molecular weight excluding hydrogens is 200 g/mol. The molecule has 1 unspecified atom stereocenters. The SMILES string of the molecule is CC(CSc1ccncc1N)C(=O)O. The van der Waals surface area contributed by atoms with Crippen LogP contribution in [0.1, 0.15) is 6.92 Å². The molecule has 1 heterocycles. The van der Waals surface area contributed by atoms with Crippen LogP contribution in [0.5, 0.6) is 0 Å². The van der Waals surface area contributed by atoms with Crippen LogP contribution in [0.4, 0.5) is 5.69 Å². The maximum Gasteiger partial charge on any atom is 0.307 e. The van der Waals surface area contributed by atoms with Crippen molar-refractivity contribution < 1.29 is 9.90 Å². The number of hydrogen-bond acceptors (Lipinski definition) is 4. The number of rotatable bonds is 4. The average molecular weight is 212 g/mol. The highest BCUT2D eigenvalue weighted by molar-refractivity contribution is 7.99. The van der Waals surface area contributed by atoms with E-state index in [2.05, 4.69) is 4.98 Å². The Hall–Kier alpha value is -1.23. The Labute approximate surface area is 86.5 Å². The third kappa shape index (κ3) is 2.92. The van der Waals surface area contributed by atoms with E-state index in [1.54, 1.807) is 25.4 Å². The summed E-state index contributed by atoms with van der Waals surface area (Å²) in [4.78, 5) is 15.3. The monoisotopic (exact) mass is 212 g/mol. The molecule has 1 rings (SSSR count). The van der Waals surface area contributed by atoms with Crippen LogP contribution in [0.2, 0.25) is 0 Å². The quantitative estimate of drug-likeness (QED) is 0.739. The van der Waals surface area contributed by atoms with Gasteiger partial charge in [0.2, 0.25) is 0 Å². The predicted molar refractivity (Wildman–Crippen MR) is 56.2 cm³/mol. The van der Waals surface area contributed by atoms with Crippen molar-refractivity contribution in [3.63, 3.8) is 0 Å². The van der Waals surface area contributed by atoms with Crippen LogP contribution >= 0.6 is 11.8 Å². The van der Waals surface area contributed by atoms with Crippen molar-refractivity contribution in [1.82, 2.24) is 4.98 Å². The lowest BCUT2D eigenvalue weighted by Gasteiger charge is -2.06. The number of carboxylic acid groups (broad SMARTS) is 1. The summed E-state index contributed by atoms with van der Waals surface area (Å²) in [5.74, 6) is -0.638. The third-order valence-electron chi connectivity index (χ3n) is 1.72. The summed E-state index contributed by atoms with van der Waals surface area (Å²) in [6.45, 7) is 1.67. The number of hydrogen-bond donors (Lipinski definition) is 2. The molecule has 0 amide bonds. The maximum absolute atomic E-state index is 10.5. The summed E-state index contributed by atoms with van der Waals surface area (Å²) in [5, 5.41) is 8.67. The normalized spacial score (nSPS) is 12.4. The van der Waals surface area contributed by atoms with Gasteiger partial charge in [-0.1, -0.05) is 6.92 Å². The van der Waals surface area contributed by atoms with Gasteiger partial charge in [0.25, 0.3) is 0 Å². The minimum atomic E-state index is -0.787. The molecule has 0 aliphatic heterocycles. The van der Waals surface area contributed by atoms with Crippen LogP contribution in [0.15, 0.2) is 23.4 Å². The van der Waals surface area contributed by atoms with E-state index < -0.39 is 5.97 Å². The van der Waals surface area contributed by atoms with Gasteiger partial charge in [-0.15, -0.1) is 11.8 Å². The second-order valence-corrected chi connectivity index (χ2v) is 4.03. The summed E-state index contributed by atoms with van der Waals surface area (Å²) >= 11 is 1.44. The van der Waals surface area contributed by atoms with Crippen molar-refractivity contribution in [3.8, 4) is 0 Å². The molecule has 0 saturated heterocycles. The standard InChI is InChI=1S/C9H12N2O2S/c1-6(9(12)13)5-14-8-2-3-11-4-7(8)10/h2-4,6H,5,10H2,1H3,(H,12,13). The molecular formula is C9H12N2O2S. The topological polar surface area (TPSA) is 76.2 Å². The number of aliphatic carboxylic acids is 1. The van der Waals surface area contributed by atoms with Gasteiger partial charge in [-0.05, 0) is 6.07 Å². The Kier molecular flexibility index (Phi) is 3.76. The zero-order valence-electron chi connectivity index (χ0n) is 7.80. The minimum absolute atomic E-state index is 0.368. The molecule has 0 spiro atoms. The zero-order chi connectivity index (χ0) is 10.6. The molecule has 1 atom stereocenters. The second kappa shape index (κ2) is 4.85. The lowest BCUT2D eigenvalue weighted by atomic mass is 10.2. The molecule has 0 radical (unpaired) electrons. The van der Waals surface area contributed by atoms with E-state index in [-0.39, 0.29) is 5.92 Å². The Morgan fingerprint density at radius 2 is 2.50 bits per heavy atom. The van der Waals surface area contributed by atoms with Crippen LogP contribution in [-0.2, 0) is 4.79 Å².